The van der Waals surface area contributed by atoms with Gasteiger partial charge in [-0.05, 0) is 36.0 Å². The fraction of sp³-hybridized carbons (Fsp3) is 0.571. The molecule has 1 nitrogen and oxygen atoms in total. The van der Waals surface area contributed by atoms with Gasteiger partial charge in [0, 0.05) is 4.47 Å². The van der Waals surface area contributed by atoms with Gasteiger partial charge in [-0.25, -0.2) is 0 Å². The lowest BCUT2D eigenvalue weighted by Crippen LogP contribution is -2.28. The second-order valence-electron chi connectivity index (χ2n) is 5.17. The summed E-state index contributed by atoms with van der Waals surface area (Å²) in [6.45, 7) is 2.22. The van der Waals surface area contributed by atoms with Crippen LogP contribution in [0.4, 0.5) is 0 Å². The molecule has 2 heteroatoms. The minimum absolute atomic E-state index is 0.0755. The molecule has 0 radical (unpaired) electrons. The third-order valence-electron chi connectivity index (χ3n) is 3.84. The molecule has 2 rings (SSSR count). The largest absolute Gasteiger partial charge is 0.388 e. The highest BCUT2D eigenvalue weighted by Gasteiger charge is 2.34. The SMILES string of the molecule is CC1(C(O)c2ccc(Br)cc2)CCCCC1. The molecule has 88 valence electrons. The van der Waals surface area contributed by atoms with Gasteiger partial charge in [-0.2, -0.15) is 0 Å². The predicted molar refractivity (Wildman–Crippen MR) is 70.3 cm³/mol. The van der Waals surface area contributed by atoms with Crippen molar-refractivity contribution >= 4 is 15.9 Å². The van der Waals surface area contributed by atoms with Crippen LogP contribution in [0.5, 0.6) is 0 Å². The van der Waals surface area contributed by atoms with Gasteiger partial charge in [-0.1, -0.05) is 54.2 Å². The summed E-state index contributed by atoms with van der Waals surface area (Å²) in [4.78, 5) is 0. The number of hydrogen-bond acceptors (Lipinski definition) is 1. The number of aliphatic hydroxyl groups is 1. The summed E-state index contributed by atoms with van der Waals surface area (Å²) >= 11 is 3.42. The average molecular weight is 283 g/mol. The highest BCUT2D eigenvalue weighted by atomic mass is 79.9. The first kappa shape index (κ1) is 12.1. The van der Waals surface area contributed by atoms with Gasteiger partial charge in [0.15, 0.2) is 0 Å². The number of benzene rings is 1. The highest BCUT2D eigenvalue weighted by molar-refractivity contribution is 9.10. The van der Waals surface area contributed by atoms with Crippen LogP contribution in [0.2, 0.25) is 0 Å². The van der Waals surface area contributed by atoms with E-state index in [1.165, 1.54) is 19.3 Å². The van der Waals surface area contributed by atoms with Gasteiger partial charge < -0.3 is 5.11 Å². The van der Waals surface area contributed by atoms with E-state index in [4.69, 9.17) is 0 Å². The topological polar surface area (TPSA) is 20.2 Å². The van der Waals surface area contributed by atoms with Crippen LogP contribution in [0.15, 0.2) is 28.7 Å². The Bertz CT molecular complexity index is 338. The number of hydrogen-bond donors (Lipinski definition) is 1. The van der Waals surface area contributed by atoms with Crippen LogP contribution in [0, 0.1) is 5.41 Å². The molecule has 1 aromatic carbocycles. The summed E-state index contributed by atoms with van der Waals surface area (Å²) in [5.74, 6) is 0. The molecule has 0 aliphatic heterocycles. The van der Waals surface area contributed by atoms with Gasteiger partial charge in [-0.3, -0.25) is 0 Å². The van der Waals surface area contributed by atoms with Crippen molar-refractivity contribution in [2.75, 3.05) is 0 Å². The van der Waals surface area contributed by atoms with Crippen LogP contribution in [-0.4, -0.2) is 5.11 Å². The van der Waals surface area contributed by atoms with Crippen LogP contribution in [0.3, 0.4) is 0 Å². The predicted octanol–water partition coefficient (Wildman–Crippen LogP) is 4.45. The lowest BCUT2D eigenvalue weighted by molar-refractivity contribution is 0.00818. The maximum atomic E-state index is 10.5. The van der Waals surface area contributed by atoms with Crippen LogP contribution in [0.25, 0.3) is 0 Å². The van der Waals surface area contributed by atoms with E-state index in [9.17, 15) is 5.11 Å². The standard InChI is InChI=1S/C14H19BrO/c1-14(9-3-2-4-10-14)13(16)11-5-7-12(15)8-6-11/h5-8,13,16H,2-4,9-10H2,1H3. The van der Waals surface area contributed by atoms with Crippen molar-refractivity contribution in [3.05, 3.63) is 34.3 Å². The number of rotatable bonds is 2. The molecule has 1 atom stereocenters. The number of halogens is 1. The third kappa shape index (κ3) is 2.49. The summed E-state index contributed by atoms with van der Waals surface area (Å²) in [6.07, 6.45) is 5.80. The fourth-order valence-corrected chi connectivity index (χ4v) is 2.94. The Kier molecular flexibility index (Phi) is 3.70. The Labute approximate surface area is 106 Å². The molecule has 0 heterocycles. The Morgan fingerprint density at radius 1 is 1.12 bits per heavy atom. The lowest BCUT2D eigenvalue weighted by atomic mass is 9.70. The lowest BCUT2D eigenvalue weighted by Gasteiger charge is -2.38. The minimum atomic E-state index is -0.319. The smallest absolute Gasteiger partial charge is 0.0843 e. The van der Waals surface area contributed by atoms with Crippen molar-refractivity contribution in [3.63, 3.8) is 0 Å². The quantitative estimate of drug-likeness (QED) is 0.850. The van der Waals surface area contributed by atoms with E-state index in [1.807, 2.05) is 24.3 Å². The molecular formula is C14H19BrO. The van der Waals surface area contributed by atoms with Gasteiger partial charge in [0.1, 0.15) is 0 Å². The van der Waals surface area contributed by atoms with Crippen molar-refractivity contribution < 1.29 is 5.11 Å². The first-order valence-corrected chi connectivity index (χ1v) is 6.85. The van der Waals surface area contributed by atoms with E-state index >= 15 is 0 Å². The Hall–Kier alpha value is -0.340. The third-order valence-corrected chi connectivity index (χ3v) is 4.37. The molecular weight excluding hydrogens is 264 g/mol. The van der Waals surface area contributed by atoms with E-state index in [1.54, 1.807) is 0 Å². The molecule has 1 unspecified atom stereocenters. The van der Waals surface area contributed by atoms with Crippen LogP contribution in [-0.2, 0) is 0 Å². The molecule has 1 aliphatic rings. The van der Waals surface area contributed by atoms with E-state index in [0.29, 0.717) is 0 Å². The molecule has 1 fully saturated rings. The first-order valence-electron chi connectivity index (χ1n) is 6.05. The maximum Gasteiger partial charge on any atom is 0.0843 e. The van der Waals surface area contributed by atoms with Crippen LogP contribution in [0.1, 0.15) is 50.7 Å². The highest BCUT2D eigenvalue weighted by Crippen LogP contribution is 2.45. The normalized spacial score (nSPS) is 21.7. The van der Waals surface area contributed by atoms with Gasteiger partial charge in [0.05, 0.1) is 6.10 Å². The van der Waals surface area contributed by atoms with E-state index in [-0.39, 0.29) is 11.5 Å². The van der Waals surface area contributed by atoms with E-state index < -0.39 is 0 Å². The second kappa shape index (κ2) is 4.89. The molecule has 0 bridgehead atoms. The molecule has 1 aliphatic carbocycles. The van der Waals surface area contributed by atoms with Gasteiger partial charge >= 0.3 is 0 Å². The summed E-state index contributed by atoms with van der Waals surface area (Å²) in [5.41, 5.74) is 1.12. The van der Waals surface area contributed by atoms with Crippen molar-refractivity contribution in [3.8, 4) is 0 Å². The van der Waals surface area contributed by atoms with Crippen molar-refractivity contribution in [2.24, 2.45) is 5.41 Å². The van der Waals surface area contributed by atoms with Gasteiger partial charge in [-0.15, -0.1) is 0 Å². The zero-order valence-corrected chi connectivity index (χ0v) is 11.3. The molecule has 0 spiro atoms. The molecule has 0 saturated heterocycles. The fourth-order valence-electron chi connectivity index (χ4n) is 2.68. The monoisotopic (exact) mass is 282 g/mol. The zero-order chi connectivity index (χ0) is 11.6. The average Bonchev–Trinajstić information content (AvgIpc) is 2.30. The Balaban J connectivity index is 2.16. The molecule has 1 aromatic rings. The Morgan fingerprint density at radius 2 is 1.69 bits per heavy atom. The number of aliphatic hydroxyl groups excluding tert-OH is 1. The van der Waals surface area contributed by atoms with Gasteiger partial charge in [0.25, 0.3) is 0 Å². The van der Waals surface area contributed by atoms with Crippen molar-refractivity contribution in [2.45, 2.75) is 45.1 Å². The summed E-state index contributed by atoms with van der Waals surface area (Å²) in [5, 5.41) is 10.5. The zero-order valence-electron chi connectivity index (χ0n) is 9.75. The summed E-state index contributed by atoms with van der Waals surface area (Å²) in [6, 6.07) is 8.05. The van der Waals surface area contributed by atoms with Crippen molar-refractivity contribution in [1.29, 1.82) is 0 Å². The summed E-state index contributed by atoms with van der Waals surface area (Å²) in [7, 11) is 0. The minimum Gasteiger partial charge on any atom is -0.388 e. The van der Waals surface area contributed by atoms with Crippen LogP contribution < -0.4 is 0 Å². The Morgan fingerprint density at radius 3 is 2.25 bits per heavy atom. The maximum absolute atomic E-state index is 10.5. The molecule has 0 aromatic heterocycles. The second-order valence-corrected chi connectivity index (χ2v) is 6.08. The molecule has 1 N–H and O–H groups in total. The first-order chi connectivity index (χ1) is 7.62. The molecule has 1 saturated carbocycles. The van der Waals surface area contributed by atoms with Gasteiger partial charge in [0.2, 0.25) is 0 Å². The van der Waals surface area contributed by atoms with E-state index in [0.717, 1.165) is 22.9 Å². The molecule has 0 amide bonds. The summed E-state index contributed by atoms with van der Waals surface area (Å²) < 4.78 is 1.07. The van der Waals surface area contributed by atoms with Crippen LogP contribution >= 0.6 is 15.9 Å². The van der Waals surface area contributed by atoms with E-state index in [2.05, 4.69) is 22.9 Å². The van der Waals surface area contributed by atoms with Crippen molar-refractivity contribution in [1.82, 2.24) is 0 Å². The molecule has 16 heavy (non-hydrogen) atoms.